The van der Waals surface area contributed by atoms with Crippen LogP contribution in [-0.4, -0.2) is 42.8 Å². The average molecular weight is 416 g/mol. The van der Waals surface area contributed by atoms with Gasteiger partial charge in [-0.1, -0.05) is 18.2 Å². The van der Waals surface area contributed by atoms with Crippen molar-refractivity contribution >= 4 is 17.5 Å². The Hall–Kier alpha value is -2.96. The molecule has 1 saturated heterocycles. The van der Waals surface area contributed by atoms with Gasteiger partial charge in [0.2, 0.25) is 5.91 Å². The molecule has 2 amide bonds. The topological polar surface area (TPSA) is 58.6 Å². The van der Waals surface area contributed by atoms with Crippen molar-refractivity contribution in [2.75, 3.05) is 25.5 Å². The predicted molar refractivity (Wildman–Crippen MR) is 111 cm³/mol. The lowest BCUT2D eigenvalue weighted by atomic mass is 10.1. The highest BCUT2D eigenvalue weighted by molar-refractivity contribution is 5.98. The number of ether oxygens (including phenoxy) is 1. The Kier molecular flexibility index (Phi) is 6.70. The molecule has 5 nitrogen and oxygen atoms in total. The predicted octanol–water partition coefficient (Wildman–Crippen LogP) is 4.45. The molecule has 160 valence electrons. The Morgan fingerprint density at radius 2 is 1.90 bits per heavy atom. The molecule has 0 aliphatic carbocycles. The molecule has 0 spiro atoms. The maximum Gasteiger partial charge on any atom is 0.267 e. The van der Waals surface area contributed by atoms with Crippen molar-refractivity contribution in [2.24, 2.45) is 0 Å². The maximum atomic E-state index is 13.4. The number of amides is 2. The number of likely N-dealkylation sites (tertiary alicyclic amines) is 1. The fraction of sp³-hybridized carbons (Fsp3) is 0.391. The van der Waals surface area contributed by atoms with E-state index < -0.39 is 18.4 Å². The van der Waals surface area contributed by atoms with Gasteiger partial charge < -0.3 is 15.0 Å². The fourth-order valence-electron chi connectivity index (χ4n) is 3.44. The zero-order valence-electron chi connectivity index (χ0n) is 17.2. The van der Waals surface area contributed by atoms with Crippen molar-refractivity contribution in [1.29, 1.82) is 0 Å². The van der Waals surface area contributed by atoms with E-state index in [-0.39, 0.29) is 18.9 Å². The van der Waals surface area contributed by atoms with E-state index in [1.165, 1.54) is 0 Å². The Morgan fingerprint density at radius 3 is 2.53 bits per heavy atom. The van der Waals surface area contributed by atoms with Crippen LogP contribution in [0.25, 0.3) is 0 Å². The van der Waals surface area contributed by atoms with Crippen LogP contribution >= 0.6 is 0 Å². The highest BCUT2D eigenvalue weighted by atomic mass is 19.3. The second-order valence-corrected chi connectivity index (χ2v) is 7.61. The molecular formula is C23H26F2N2O3. The molecule has 1 fully saturated rings. The number of aryl methyl sites for hydroxylation is 2. The van der Waals surface area contributed by atoms with E-state index in [4.69, 9.17) is 4.74 Å². The molecule has 1 N–H and O–H groups in total. The molecule has 1 heterocycles. The maximum absolute atomic E-state index is 13.4. The lowest BCUT2D eigenvalue weighted by Gasteiger charge is -2.17. The third-order valence-corrected chi connectivity index (χ3v) is 5.24. The Morgan fingerprint density at radius 1 is 1.17 bits per heavy atom. The van der Waals surface area contributed by atoms with Crippen LogP contribution in [-0.2, 0) is 11.2 Å². The minimum Gasteiger partial charge on any atom is -0.497 e. The molecule has 2 aromatic rings. The number of benzene rings is 2. The molecule has 0 unspecified atom stereocenters. The van der Waals surface area contributed by atoms with Crippen LogP contribution in [0.15, 0.2) is 42.5 Å². The van der Waals surface area contributed by atoms with Crippen LogP contribution < -0.4 is 10.1 Å². The second-order valence-electron chi connectivity index (χ2n) is 7.61. The molecule has 3 rings (SSSR count). The van der Waals surface area contributed by atoms with E-state index in [0.717, 1.165) is 28.2 Å². The normalized spacial score (nSPS) is 15.1. The van der Waals surface area contributed by atoms with Crippen molar-refractivity contribution in [2.45, 2.75) is 38.5 Å². The van der Waals surface area contributed by atoms with Crippen LogP contribution in [0.2, 0.25) is 0 Å². The molecule has 1 aliphatic heterocycles. The van der Waals surface area contributed by atoms with Crippen LogP contribution in [0, 0.1) is 6.92 Å². The molecule has 0 bridgehead atoms. The lowest BCUT2D eigenvalue weighted by Crippen LogP contribution is -2.31. The molecule has 7 heteroatoms. The summed E-state index contributed by atoms with van der Waals surface area (Å²) in [5, 5.41) is 2.84. The van der Waals surface area contributed by atoms with Gasteiger partial charge in [0.25, 0.3) is 11.8 Å². The van der Waals surface area contributed by atoms with Crippen LogP contribution in [0.4, 0.5) is 14.5 Å². The number of hydrogen-bond donors (Lipinski definition) is 1. The number of halogens is 2. The standard InChI is InChI=1S/C23H26F2N2O3/c1-16-6-9-18(22(29)27-13-12-23(24,25)15-27)14-20(16)26-21(28)5-3-4-17-7-10-19(30-2)11-8-17/h6-11,14H,3-5,12-13,15H2,1-2H3,(H,26,28). The molecule has 0 saturated carbocycles. The van der Waals surface area contributed by atoms with Gasteiger partial charge in [-0.25, -0.2) is 8.78 Å². The summed E-state index contributed by atoms with van der Waals surface area (Å²) >= 11 is 0. The summed E-state index contributed by atoms with van der Waals surface area (Å²) in [6, 6.07) is 12.6. The van der Waals surface area contributed by atoms with Gasteiger partial charge in [0.05, 0.1) is 13.7 Å². The van der Waals surface area contributed by atoms with Gasteiger partial charge in [0.15, 0.2) is 0 Å². The number of nitrogens with one attached hydrogen (secondary N) is 1. The summed E-state index contributed by atoms with van der Waals surface area (Å²) in [7, 11) is 1.62. The molecular weight excluding hydrogens is 390 g/mol. The quantitative estimate of drug-likeness (QED) is 0.726. The van der Waals surface area contributed by atoms with E-state index in [9.17, 15) is 18.4 Å². The third kappa shape index (κ3) is 5.55. The van der Waals surface area contributed by atoms with Gasteiger partial charge in [-0.2, -0.15) is 0 Å². The molecule has 30 heavy (non-hydrogen) atoms. The van der Waals surface area contributed by atoms with Crippen molar-refractivity contribution < 1.29 is 23.1 Å². The van der Waals surface area contributed by atoms with Crippen molar-refractivity contribution in [3.63, 3.8) is 0 Å². The largest absolute Gasteiger partial charge is 0.497 e. The molecule has 0 radical (unpaired) electrons. The van der Waals surface area contributed by atoms with E-state index in [0.29, 0.717) is 24.1 Å². The Balaban J connectivity index is 1.55. The van der Waals surface area contributed by atoms with Crippen molar-refractivity contribution in [3.8, 4) is 5.75 Å². The first-order chi connectivity index (χ1) is 14.3. The first-order valence-corrected chi connectivity index (χ1v) is 9.98. The van der Waals surface area contributed by atoms with Gasteiger partial charge in [-0.3, -0.25) is 9.59 Å². The smallest absolute Gasteiger partial charge is 0.267 e. The third-order valence-electron chi connectivity index (χ3n) is 5.24. The summed E-state index contributed by atoms with van der Waals surface area (Å²) in [5.74, 6) is -2.63. The minimum atomic E-state index is -2.83. The fourth-order valence-corrected chi connectivity index (χ4v) is 3.44. The first kappa shape index (κ1) is 21.7. The van der Waals surface area contributed by atoms with Gasteiger partial charge in [-0.05, 0) is 55.2 Å². The molecule has 1 aliphatic rings. The minimum absolute atomic E-state index is 0.0345. The number of anilines is 1. The highest BCUT2D eigenvalue weighted by Gasteiger charge is 2.40. The Labute approximate surface area is 175 Å². The van der Waals surface area contributed by atoms with Crippen molar-refractivity contribution in [1.82, 2.24) is 4.90 Å². The van der Waals surface area contributed by atoms with Crippen LogP contribution in [0.3, 0.4) is 0 Å². The van der Waals surface area contributed by atoms with E-state index in [2.05, 4.69) is 5.32 Å². The van der Waals surface area contributed by atoms with Gasteiger partial charge in [0, 0.05) is 30.6 Å². The average Bonchev–Trinajstić information content (AvgIpc) is 3.09. The lowest BCUT2D eigenvalue weighted by molar-refractivity contribution is -0.116. The van der Waals surface area contributed by atoms with Gasteiger partial charge in [0.1, 0.15) is 5.75 Å². The van der Waals surface area contributed by atoms with Gasteiger partial charge in [-0.15, -0.1) is 0 Å². The van der Waals surface area contributed by atoms with E-state index in [1.54, 1.807) is 25.3 Å². The highest BCUT2D eigenvalue weighted by Crippen LogP contribution is 2.28. The monoisotopic (exact) mass is 416 g/mol. The number of nitrogens with zero attached hydrogens (tertiary/aromatic N) is 1. The molecule has 2 aromatic carbocycles. The summed E-state index contributed by atoms with van der Waals surface area (Å²) in [6.07, 6.45) is 1.46. The number of carbonyl (C=O) groups is 2. The van der Waals surface area contributed by atoms with Crippen LogP contribution in [0.1, 0.15) is 40.7 Å². The van der Waals surface area contributed by atoms with E-state index in [1.807, 2.05) is 31.2 Å². The Bertz CT molecular complexity index is 913. The first-order valence-electron chi connectivity index (χ1n) is 9.98. The SMILES string of the molecule is COc1ccc(CCCC(=O)Nc2cc(C(=O)N3CCC(F)(F)C3)ccc2C)cc1. The van der Waals surface area contributed by atoms with Crippen molar-refractivity contribution in [3.05, 3.63) is 59.2 Å². The second kappa shape index (κ2) is 9.24. The summed E-state index contributed by atoms with van der Waals surface area (Å²) in [6.45, 7) is 1.30. The molecule has 0 aromatic heterocycles. The van der Waals surface area contributed by atoms with Gasteiger partial charge >= 0.3 is 0 Å². The summed E-state index contributed by atoms with van der Waals surface area (Å²) in [4.78, 5) is 26.0. The zero-order valence-corrected chi connectivity index (χ0v) is 17.2. The summed E-state index contributed by atoms with van der Waals surface area (Å²) < 4.78 is 31.9. The number of carbonyl (C=O) groups excluding carboxylic acids is 2. The number of hydrogen-bond acceptors (Lipinski definition) is 3. The van der Waals surface area contributed by atoms with Crippen LogP contribution in [0.5, 0.6) is 5.75 Å². The zero-order chi connectivity index (χ0) is 21.7. The molecule has 0 atom stereocenters. The number of methoxy groups -OCH3 is 1. The number of rotatable bonds is 7. The summed E-state index contributed by atoms with van der Waals surface area (Å²) in [5.41, 5.74) is 2.75. The van der Waals surface area contributed by atoms with E-state index >= 15 is 0 Å². The number of alkyl halides is 2.